The Kier molecular flexibility index (Phi) is 7.88. The highest BCUT2D eigenvalue weighted by atomic mass is 19.3. The molecular formula is C25H32F2N6O3. The van der Waals surface area contributed by atoms with Crippen LogP contribution in [0, 0.1) is 0 Å². The lowest BCUT2D eigenvalue weighted by Crippen LogP contribution is -2.38. The average molecular weight is 503 g/mol. The number of ether oxygens (including phenoxy) is 2. The molecule has 9 nitrogen and oxygen atoms in total. The first-order valence-electron chi connectivity index (χ1n) is 12.6. The van der Waals surface area contributed by atoms with Crippen LogP contribution in [0.2, 0.25) is 0 Å². The summed E-state index contributed by atoms with van der Waals surface area (Å²) in [7, 11) is 0. The van der Waals surface area contributed by atoms with Gasteiger partial charge in [-0.1, -0.05) is 12.1 Å². The summed E-state index contributed by atoms with van der Waals surface area (Å²) in [5.41, 5.74) is 1.07. The van der Waals surface area contributed by atoms with Crippen molar-refractivity contribution in [2.75, 3.05) is 49.7 Å². The van der Waals surface area contributed by atoms with E-state index in [1.54, 1.807) is 30.3 Å². The van der Waals surface area contributed by atoms with Crippen LogP contribution >= 0.6 is 0 Å². The Bertz CT molecular complexity index is 1150. The number of para-hydroxylation sites is 2. The smallest absolute Gasteiger partial charge is 0.296 e. The number of aromatic nitrogens is 4. The minimum absolute atomic E-state index is 0.137. The molecule has 2 aliphatic rings. The van der Waals surface area contributed by atoms with E-state index in [1.807, 2.05) is 4.90 Å². The van der Waals surface area contributed by atoms with E-state index >= 15 is 0 Å². The third-order valence-corrected chi connectivity index (χ3v) is 6.69. The number of morpholine rings is 1. The molecule has 0 unspecified atom stereocenters. The van der Waals surface area contributed by atoms with Crippen molar-refractivity contribution >= 4 is 22.8 Å². The number of hydrogen-bond acceptors (Lipinski definition) is 8. The predicted octanol–water partition coefficient (Wildman–Crippen LogP) is 3.71. The van der Waals surface area contributed by atoms with Crippen LogP contribution < -0.4 is 10.2 Å². The Morgan fingerprint density at radius 2 is 1.86 bits per heavy atom. The molecule has 3 heterocycles. The summed E-state index contributed by atoms with van der Waals surface area (Å²) in [5, 5.41) is 12.5. The largest absolute Gasteiger partial charge is 0.396 e. The van der Waals surface area contributed by atoms with Crippen molar-refractivity contribution in [1.82, 2.24) is 19.5 Å². The average Bonchev–Trinajstić information content (AvgIpc) is 3.30. The molecule has 1 saturated carbocycles. The molecule has 1 aromatic carbocycles. The molecular weight excluding hydrogens is 470 g/mol. The highest BCUT2D eigenvalue weighted by Gasteiger charge is 2.25. The van der Waals surface area contributed by atoms with Crippen molar-refractivity contribution in [2.24, 2.45) is 0 Å². The summed E-state index contributed by atoms with van der Waals surface area (Å²) in [4.78, 5) is 15.7. The molecule has 5 rings (SSSR count). The number of nitrogens with one attached hydrogen (secondary N) is 1. The summed E-state index contributed by atoms with van der Waals surface area (Å²) >= 11 is 0. The number of rotatable bonds is 9. The van der Waals surface area contributed by atoms with Crippen LogP contribution in [0.1, 0.15) is 44.4 Å². The second-order valence-corrected chi connectivity index (χ2v) is 9.17. The number of alkyl halides is 2. The Balaban J connectivity index is 1.44. The van der Waals surface area contributed by atoms with Crippen LogP contribution in [0.15, 0.2) is 30.3 Å². The van der Waals surface area contributed by atoms with Gasteiger partial charge < -0.3 is 24.8 Å². The van der Waals surface area contributed by atoms with E-state index in [4.69, 9.17) is 24.5 Å². The number of aliphatic hydroxyl groups is 1. The molecule has 2 N–H and O–H groups in total. The molecule has 0 bridgehead atoms. The Labute approximate surface area is 208 Å². The monoisotopic (exact) mass is 502 g/mol. The van der Waals surface area contributed by atoms with Crippen molar-refractivity contribution in [3.63, 3.8) is 0 Å². The lowest BCUT2D eigenvalue weighted by molar-refractivity contribution is 0.0195. The maximum atomic E-state index is 14.0. The van der Waals surface area contributed by atoms with Crippen LogP contribution in [0.5, 0.6) is 0 Å². The molecule has 1 aliphatic carbocycles. The van der Waals surface area contributed by atoms with Gasteiger partial charge in [0.05, 0.1) is 30.4 Å². The normalized spacial score (nSPS) is 20.8. The van der Waals surface area contributed by atoms with Gasteiger partial charge in [-0.15, -0.1) is 0 Å². The lowest BCUT2D eigenvalue weighted by atomic mass is 9.93. The Hall–Kier alpha value is -2.89. The second-order valence-electron chi connectivity index (χ2n) is 9.17. The maximum Gasteiger partial charge on any atom is 0.296 e. The summed E-state index contributed by atoms with van der Waals surface area (Å²) in [6, 6.07) is 9.01. The van der Waals surface area contributed by atoms with E-state index in [0.717, 1.165) is 25.7 Å². The standard InChI is InChI=1S/C25H32F2N6O3/c26-23(27)24-29-19-4-1-2-5-20(19)33(24)22-16-21(30-25(31-22)32-10-14-35-15-11-32)28-17-6-8-18(9-7-17)36-13-3-12-34/h1-2,4-5,16-18,23,34H,3,6-15H2,(H,28,30,31)/t17-,18-. The quantitative estimate of drug-likeness (QED) is 0.428. The van der Waals surface area contributed by atoms with Gasteiger partial charge in [-0.2, -0.15) is 9.97 Å². The second kappa shape index (κ2) is 11.4. The first-order chi connectivity index (χ1) is 17.6. The molecule has 0 radical (unpaired) electrons. The number of imidazole rings is 1. The van der Waals surface area contributed by atoms with Crippen molar-refractivity contribution in [3.05, 3.63) is 36.2 Å². The van der Waals surface area contributed by atoms with Gasteiger partial charge in [-0.25, -0.2) is 13.8 Å². The molecule has 0 spiro atoms. The van der Waals surface area contributed by atoms with Gasteiger partial charge in [0.25, 0.3) is 6.43 Å². The van der Waals surface area contributed by atoms with Gasteiger partial charge in [0, 0.05) is 38.4 Å². The van der Waals surface area contributed by atoms with E-state index in [1.165, 1.54) is 4.57 Å². The zero-order valence-corrected chi connectivity index (χ0v) is 20.2. The molecule has 11 heteroatoms. The predicted molar refractivity (Wildman–Crippen MR) is 132 cm³/mol. The van der Waals surface area contributed by atoms with Crippen molar-refractivity contribution < 1.29 is 23.4 Å². The van der Waals surface area contributed by atoms with Crippen molar-refractivity contribution in [3.8, 4) is 5.82 Å². The molecule has 194 valence electrons. The van der Waals surface area contributed by atoms with Crippen LogP contribution in [0.25, 0.3) is 16.9 Å². The zero-order valence-electron chi connectivity index (χ0n) is 20.2. The van der Waals surface area contributed by atoms with E-state index in [-0.39, 0.29) is 24.6 Å². The third-order valence-electron chi connectivity index (χ3n) is 6.69. The fraction of sp³-hybridized carbons (Fsp3) is 0.560. The molecule has 0 atom stereocenters. The topological polar surface area (TPSA) is 97.6 Å². The van der Waals surface area contributed by atoms with Gasteiger partial charge >= 0.3 is 0 Å². The zero-order chi connectivity index (χ0) is 24.9. The SMILES string of the molecule is OCCCO[C@H]1CC[C@H](Nc2cc(-n3c(C(F)F)nc4ccccc43)nc(N3CCOCC3)n2)CC1. The fourth-order valence-corrected chi connectivity index (χ4v) is 4.84. The van der Waals surface area contributed by atoms with E-state index in [2.05, 4.69) is 10.3 Å². The number of halogens is 2. The molecule has 1 saturated heterocycles. The van der Waals surface area contributed by atoms with Crippen LogP contribution in [-0.4, -0.2) is 76.3 Å². The molecule has 2 aromatic heterocycles. The minimum Gasteiger partial charge on any atom is -0.396 e. The van der Waals surface area contributed by atoms with Gasteiger partial charge in [0.2, 0.25) is 5.95 Å². The highest BCUT2D eigenvalue weighted by Crippen LogP contribution is 2.30. The summed E-state index contributed by atoms with van der Waals surface area (Å²) in [6.45, 7) is 3.09. The summed E-state index contributed by atoms with van der Waals surface area (Å²) in [6.07, 6.45) is 1.74. The van der Waals surface area contributed by atoms with E-state index in [0.29, 0.717) is 67.9 Å². The summed E-state index contributed by atoms with van der Waals surface area (Å²) in [5.74, 6) is 1.11. The van der Waals surface area contributed by atoms with Gasteiger partial charge in [-0.3, -0.25) is 4.57 Å². The Morgan fingerprint density at radius 1 is 1.08 bits per heavy atom. The van der Waals surface area contributed by atoms with Crippen LogP contribution in [-0.2, 0) is 9.47 Å². The van der Waals surface area contributed by atoms with Crippen LogP contribution in [0.4, 0.5) is 20.5 Å². The lowest BCUT2D eigenvalue weighted by Gasteiger charge is -2.30. The molecule has 3 aromatic rings. The van der Waals surface area contributed by atoms with Gasteiger partial charge in [0.15, 0.2) is 5.82 Å². The number of nitrogens with zero attached hydrogens (tertiary/aromatic N) is 5. The van der Waals surface area contributed by atoms with Gasteiger partial charge in [0.1, 0.15) is 11.6 Å². The van der Waals surface area contributed by atoms with E-state index in [9.17, 15) is 8.78 Å². The van der Waals surface area contributed by atoms with Crippen molar-refractivity contribution in [2.45, 2.75) is 50.7 Å². The highest BCUT2D eigenvalue weighted by molar-refractivity contribution is 5.78. The summed E-state index contributed by atoms with van der Waals surface area (Å²) < 4.78 is 40.8. The molecule has 36 heavy (non-hydrogen) atoms. The molecule has 1 aliphatic heterocycles. The van der Waals surface area contributed by atoms with E-state index < -0.39 is 6.43 Å². The Morgan fingerprint density at radius 3 is 2.61 bits per heavy atom. The van der Waals surface area contributed by atoms with Gasteiger partial charge in [-0.05, 0) is 44.2 Å². The minimum atomic E-state index is -2.75. The van der Waals surface area contributed by atoms with Crippen LogP contribution in [0.3, 0.4) is 0 Å². The molecule has 2 fully saturated rings. The number of benzene rings is 1. The fourth-order valence-electron chi connectivity index (χ4n) is 4.84. The number of anilines is 2. The molecule has 0 amide bonds. The maximum absolute atomic E-state index is 14.0. The first kappa shape index (κ1) is 24.8. The third kappa shape index (κ3) is 5.58. The number of fused-ring (bicyclic) bond motifs is 1. The number of aliphatic hydroxyl groups excluding tert-OH is 1. The first-order valence-corrected chi connectivity index (χ1v) is 12.6. The number of hydrogen-bond donors (Lipinski definition) is 2. The van der Waals surface area contributed by atoms with Crippen molar-refractivity contribution in [1.29, 1.82) is 0 Å².